The van der Waals surface area contributed by atoms with Gasteiger partial charge >= 0.3 is 0 Å². The summed E-state index contributed by atoms with van der Waals surface area (Å²) in [5, 5.41) is 3.85. The average molecular weight is 391 g/mol. The molecule has 5 nitrogen and oxygen atoms in total. The lowest BCUT2D eigenvalue weighted by molar-refractivity contribution is -0.118. The zero-order valence-corrected chi connectivity index (χ0v) is 15.1. The summed E-state index contributed by atoms with van der Waals surface area (Å²) in [5.74, 6) is 0.718. The lowest BCUT2D eigenvalue weighted by Crippen LogP contribution is -2.20. The second kappa shape index (κ2) is 8.33. The fourth-order valence-corrected chi connectivity index (χ4v) is 2.44. The quantitative estimate of drug-likeness (QED) is 0.778. The molecular weight excluding hydrogens is 377 g/mol. The summed E-state index contributed by atoms with van der Waals surface area (Å²) >= 11 is 17.9. The van der Waals surface area contributed by atoms with E-state index < -0.39 is 5.91 Å². The minimum Gasteiger partial charge on any atom is -0.495 e. The summed E-state index contributed by atoms with van der Waals surface area (Å²) in [6.45, 7) is -0.256. The molecule has 2 rings (SSSR count). The van der Waals surface area contributed by atoms with Gasteiger partial charge in [0, 0.05) is 23.2 Å². The van der Waals surface area contributed by atoms with Crippen molar-refractivity contribution < 1.29 is 19.0 Å². The standard InChI is InChI=1S/C16H14Cl3NO4/c1-22-13-7-12(15(23-2)6-11(13)19)20-16(21)8-24-14-5-9(17)3-4-10(14)18/h3-7H,8H2,1-2H3,(H,20,21). The van der Waals surface area contributed by atoms with Crippen molar-refractivity contribution in [1.82, 2.24) is 0 Å². The highest BCUT2D eigenvalue weighted by Gasteiger charge is 2.13. The van der Waals surface area contributed by atoms with Crippen LogP contribution in [0.15, 0.2) is 30.3 Å². The first-order valence-electron chi connectivity index (χ1n) is 6.73. The lowest BCUT2D eigenvalue weighted by Gasteiger charge is -2.14. The molecule has 0 aliphatic carbocycles. The molecule has 0 bridgehead atoms. The predicted octanol–water partition coefficient (Wildman–Crippen LogP) is 4.68. The first-order valence-corrected chi connectivity index (χ1v) is 7.87. The van der Waals surface area contributed by atoms with Crippen LogP contribution in [-0.2, 0) is 4.79 Å². The molecule has 8 heteroatoms. The van der Waals surface area contributed by atoms with Crippen molar-refractivity contribution in [2.24, 2.45) is 0 Å². The van der Waals surface area contributed by atoms with E-state index in [1.165, 1.54) is 20.3 Å². The van der Waals surface area contributed by atoms with E-state index in [1.54, 1.807) is 24.3 Å². The molecule has 2 aromatic rings. The van der Waals surface area contributed by atoms with Gasteiger partial charge in [-0.2, -0.15) is 0 Å². The number of ether oxygens (including phenoxy) is 3. The average Bonchev–Trinajstić information content (AvgIpc) is 2.56. The molecule has 0 aliphatic heterocycles. The van der Waals surface area contributed by atoms with Crippen molar-refractivity contribution in [3.63, 3.8) is 0 Å². The van der Waals surface area contributed by atoms with Crippen LogP contribution in [0.3, 0.4) is 0 Å². The summed E-state index contributed by atoms with van der Waals surface area (Å²) in [4.78, 5) is 12.1. The maximum Gasteiger partial charge on any atom is 0.262 e. The zero-order chi connectivity index (χ0) is 17.7. The van der Waals surface area contributed by atoms with Gasteiger partial charge in [-0.3, -0.25) is 4.79 Å². The van der Waals surface area contributed by atoms with E-state index in [1.807, 2.05) is 0 Å². The Morgan fingerprint density at radius 3 is 2.33 bits per heavy atom. The van der Waals surface area contributed by atoms with Gasteiger partial charge in [0.05, 0.1) is 30.0 Å². The number of benzene rings is 2. The van der Waals surface area contributed by atoms with Gasteiger partial charge in [-0.1, -0.05) is 34.8 Å². The third kappa shape index (κ3) is 4.60. The number of carbonyl (C=O) groups is 1. The first-order chi connectivity index (χ1) is 11.4. The molecule has 1 amide bonds. The first kappa shape index (κ1) is 18.5. The SMILES string of the molecule is COc1cc(NC(=O)COc2cc(Cl)ccc2Cl)c(OC)cc1Cl. The number of carbonyl (C=O) groups excluding carboxylic acids is 1. The molecule has 24 heavy (non-hydrogen) atoms. The molecule has 0 saturated carbocycles. The summed E-state index contributed by atoms with van der Waals surface area (Å²) in [6.07, 6.45) is 0. The van der Waals surface area contributed by atoms with Crippen molar-refractivity contribution in [1.29, 1.82) is 0 Å². The number of rotatable bonds is 6. The Morgan fingerprint density at radius 1 is 0.958 bits per heavy atom. The minimum absolute atomic E-state index is 0.256. The van der Waals surface area contributed by atoms with Crippen LogP contribution in [0.25, 0.3) is 0 Å². The van der Waals surface area contributed by atoms with Crippen LogP contribution in [0.5, 0.6) is 17.2 Å². The molecule has 0 saturated heterocycles. The topological polar surface area (TPSA) is 56.8 Å². The fraction of sp³-hybridized carbons (Fsp3) is 0.188. The van der Waals surface area contributed by atoms with E-state index in [2.05, 4.69) is 5.32 Å². The third-order valence-electron chi connectivity index (χ3n) is 3.00. The number of nitrogens with one attached hydrogen (secondary N) is 1. The van der Waals surface area contributed by atoms with Gasteiger partial charge in [-0.15, -0.1) is 0 Å². The number of anilines is 1. The molecule has 0 unspecified atom stereocenters. The van der Waals surface area contributed by atoms with Gasteiger partial charge in [-0.05, 0) is 12.1 Å². The Bertz CT molecular complexity index is 752. The highest BCUT2D eigenvalue weighted by molar-refractivity contribution is 6.34. The molecule has 0 fully saturated rings. The smallest absolute Gasteiger partial charge is 0.262 e. The highest BCUT2D eigenvalue weighted by Crippen LogP contribution is 2.36. The van der Waals surface area contributed by atoms with Crippen LogP contribution in [0.1, 0.15) is 0 Å². The van der Waals surface area contributed by atoms with E-state index in [0.29, 0.717) is 38.0 Å². The normalized spacial score (nSPS) is 10.2. The molecule has 0 heterocycles. The van der Waals surface area contributed by atoms with Crippen LogP contribution < -0.4 is 19.5 Å². The van der Waals surface area contributed by atoms with Gasteiger partial charge in [-0.25, -0.2) is 0 Å². The van der Waals surface area contributed by atoms with Crippen molar-refractivity contribution in [2.45, 2.75) is 0 Å². The van der Waals surface area contributed by atoms with Crippen LogP contribution in [0.2, 0.25) is 15.1 Å². The van der Waals surface area contributed by atoms with Crippen molar-refractivity contribution in [3.8, 4) is 17.2 Å². The number of amides is 1. The van der Waals surface area contributed by atoms with Gasteiger partial charge in [0.15, 0.2) is 6.61 Å². The van der Waals surface area contributed by atoms with Crippen LogP contribution in [0, 0.1) is 0 Å². The van der Waals surface area contributed by atoms with E-state index >= 15 is 0 Å². The monoisotopic (exact) mass is 389 g/mol. The zero-order valence-electron chi connectivity index (χ0n) is 12.9. The highest BCUT2D eigenvalue weighted by atomic mass is 35.5. The Balaban J connectivity index is 2.08. The van der Waals surface area contributed by atoms with Crippen LogP contribution in [-0.4, -0.2) is 26.7 Å². The predicted molar refractivity (Wildman–Crippen MR) is 95.1 cm³/mol. The van der Waals surface area contributed by atoms with Crippen molar-refractivity contribution in [2.75, 3.05) is 26.1 Å². The van der Waals surface area contributed by atoms with E-state index in [0.717, 1.165) is 0 Å². The molecule has 128 valence electrons. The Labute approximate surface area is 154 Å². The van der Waals surface area contributed by atoms with Crippen LogP contribution >= 0.6 is 34.8 Å². The Kier molecular flexibility index (Phi) is 6.43. The second-order valence-electron chi connectivity index (χ2n) is 4.60. The molecule has 1 N–H and O–H groups in total. The molecule has 0 atom stereocenters. The molecule has 0 aliphatic rings. The maximum atomic E-state index is 12.1. The summed E-state index contributed by atoms with van der Waals surface area (Å²) < 4.78 is 15.7. The second-order valence-corrected chi connectivity index (χ2v) is 5.85. The number of halogens is 3. The summed E-state index contributed by atoms with van der Waals surface area (Å²) in [5.41, 5.74) is 0.407. The van der Waals surface area contributed by atoms with E-state index in [9.17, 15) is 4.79 Å². The molecule has 0 aromatic heterocycles. The summed E-state index contributed by atoms with van der Waals surface area (Å²) in [6, 6.07) is 7.85. The van der Waals surface area contributed by atoms with E-state index in [-0.39, 0.29) is 6.61 Å². The van der Waals surface area contributed by atoms with Crippen LogP contribution in [0.4, 0.5) is 5.69 Å². The Morgan fingerprint density at radius 2 is 1.67 bits per heavy atom. The number of hydrogen-bond acceptors (Lipinski definition) is 4. The largest absolute Gasteiger partial charge is 0.495 e. The number of methoxy groups -OCH3 is 2. The maximum absolute atomic E-state index is 12.1. The molecule has 2 aromatic carbocycles. The van der Waals surface area contributed by atoms with Gasteiger partial charge < -0.3 is 19.5 Å². The number of hydrogen-bond donors (Lipinski definition) is 1. The molecule has 0 spiro atoms. The minimum atomic E-state index is -0.409. The third-order valence-corrected chi connectivity index (χ3v) is 3.84. The van der Waals surface area contributed by atoms with Crippen molar-refractivity contribution >= 4 is 46.4 Å². The van der Waals surface area contributed by atoms with Gasteiger partial charge in [0.1, 0.15) is 17.2 Å². The lowest BCUT2D eigenvalue weighted by atomic mass is 10.2. The van der Waals surface area contributed by atoms with Crippen molar-refractivity contribution in [3.05, 3.63) is 45.4 Å². The fourth-order valence-electron chi connectivity index (χ4n) is 1.88. The molecule has 0 radical (unpaired) electrons. The Hall–Kier alpha value is -1.82. The van der Waals surface area contributed by atoms with E-state index in [4.69, 9.17) is 49.0 Å². The summed E-state index contributed by atoms with van der Waals surface area (Å²) in [7, 11) is 2.94. The van der Waals surface area contributed by atoms with Gasteiger partial charge in [0.2, 0.25) is 0 Å². The molecular formula is C16H14Cl3NO4. The van der Waals surface area contributed by atoms with Gasteiger partial charge in [0.25, 0.3) is 5.91 Å².